The predicted molar refractivity (Wildman–Crippen MR) is 182 cm³/mol. The van der Waals surface area contributed by atoms with Crippen LogP contribution in [0.3, 0.4) is 0 Å². The summed E-state index contributed by atoms with van der Waals surface area (Å²) in [7, 11) is -3.60. The van der Waals surface area contributed by atoms with E-state index in [9.17, 15) is 24.3 Å². The van der Waals surface area contributed by atoms with E-state index >= 15 is 4.11 Å². The Hall–Kier alpha value is -4.39. The van der Waals surface area contributed by atoms with Gasteiger partial charge in [0, 0.05) is 41.9 Å². The largest absolute Gasteiger partial charge is 0.441 e. The number of halogens is 1. The number of hydrogen-bond acceptors (Lipinski definition) is 7. The topological polar surface area (TPSA) is 117 Å². The van der Waals surface area contributed by atoms with Gasteiger partial charge in [0.15, 0.2) is 11.8 Å². The second-order valence-electron chi connectivity index (χ2n) is 14.0. The van der Waals surface area contributed by atoms with Gasteiger partial charge in [-0.15, -0.1) is 0 Å². The van der Waals surface area contributed by atoms with Crippen LogP contribution in [-0.4, -0.2) is 67.1 Å². The minimum absolute atomic E-state index is 0.0352. The fourth-order valence-electron chi connectivity index (χ4n) is 8.46. The second-order valence-corrected chi connectivity index (χ2v) is 17.8. The molecule has 7 rings (SSSR count). The number of rotatable bonds is 7. The van der Waals surface area contributed by atoms with Crippen LogP contribution in [0.2, 0.25) is 18.6 Å². The summed E-state index contributed by atoms with van der Waals surface area (Å²) >= 11 is 0. The summed E-state index contributed by atoms with van der Waals surface area (Å²) in [5, 5.41) is 10.3. The highest BCUT2D eigenvalue weighted by atomic mass is 28.4. The van der Waals surface area contributed by atoms with Gasteiger partial charge in [0.25, 0.3) is 5.91 Å². The molecule has 12 heteroatoms. The molecule has 2 saturated heterocycles. The number of benzene rings is 3. The first-order valence-corrected chi connectivity index (χ1v) is 19.7. The van der Waals surface area contributed by atoms with Crippen LogP contribution in [0.4, 0.5) is 21.2 Å². The summed E-state index contributed by atoms with van der Waals surface area (Å²) in [6, 6.07) is 21.6. The second kappa shape index (κ2) is 12.2. The summed E-state index contributed by atoms with van der Waals surface area (Å²) in [5.41, 5.74) is 1.68. The number of aliphatic hydroxyl groups is 1. The third-order valence-electron chi connectivity index (χ3n) is 10.6. The van der Waals surface area contributed by atoms with Gasteiger partial charge in [-0.1, -0.05) is 49.4 Å². The lowest BCUT2D eigenvalue weighted by molar-refractivity contribution is -0.154. The minimum atomic E-state index is -3.60. The van der Waals surface area contributed by atoms with E-state index in [4.69, 9.17) is 9.47 Å². The molecule has 4 aliphatic rings. The van der Waals surface area contributed by atoms with Crippen LogP contribution >= 0.6 is 0 Å². The van der Waals surface area contributed by atoms with E-state index in [1.165, 1.54) is 11.8 Å². The van der Waals surface area contributed by atoms with Gasteiger partial charge in [-0.3, -0.25) is 29.0 Å². The fourth-order valence-corrected chi connectivity index (χ4v) is 11.0. The van der Waals surface area contributed by atoms with Gasteiger partial charge in [0.05, 0.1) is 37.3 Å². The van der Waals surface area contributed by atoms with Crippen molar-refractivity contribution in [3.63, 3.8) is 0 Å². The number of aliphatic hydroxyl groups excluding tert-OH is 1. The van der Waals surface area contributed by atoms with Gasteiger partial charge in [-0.05, 0) is 61.0 Å². The number of nitrogens with zero attached hydrogens (tertiary/aromatic N) is 3. The molecule has 0 saturated carbocycles. The summed E-state index contributed by atoms with van der Waals surface area (Å²) in [4.78, 5) is 58.2. The van der Waals surface area contributed by atoms with Crippen LogP contribution in [0, 0.1) is 5.92 Å². The van der Waals surface area contributed by atoms with Crippen LogP contribution in [0.25, 0.3) is 0 Å². The summed E-state index contributed by atoms with van der Waals surface area (Å²) in [5.74, 6) is -2.13. The molecule has 0 bridgehead atoms. The lowest BCUT2D eigenvalue weighted by Crippen LogP contribution is -2.55. The first-order valence-electron chi connectivity index (χ1n) is 16.7. The number of para-hydroxylation sites is 1. The van der Waals surface area contributed by atoms with Crippen LogP contribution in [-0.2, 0) is 47.2 Å². The Bertz CT molecular complexity index is 1830. The van der Waals surface area contributed by atoms with Gasteiger partial charge < -0.3 is 23.6 Å². The Labute approximate surface area is 285 Å². The molecule has 0 aliphatic carbocycles. The first-order chi connectivity index (χ1) is 23.3. The van der Waals surface area contributed by atoms with Crippen LogP contribution < -0.4 is 9.80 Å². The smallest absolute Gasteiger partial charge is 0.304 e. The number of fused-ring (bicyclic) bond motifs is 3. The van der Waals surface area contributed by atoms with Crippen molar-refractivity contribution in [3.05, 3.63) is 89.5 Å². The Balaban J connectivity index is 1.30. The van der Waals surface area contributed by atoms with Crippen molar-refractivity contribution in [2.24, 2.45) is 5.92 Å². The molecule has 0 aromatic heterocycles. The van der Waals surface area contributed by atoms with Crippen molar-refractivity contribution in [1.29, 1.82) is 0 Å². The van der Waals surface area contributed by atoms with Gasteiger partial charge >= 0.3 is 5.97 Å². The van der Waals surface area contributed by atoms with E-state index in [0.717, 1.165) is 11.1 Å². The summed E-state index contributed by atoms with van der Waals surface area (Å²) in [6.07, 6.45) is -1.34. The number of ether oxygens (including phenoxy) is 2. The van der Waals surface area contributed by atoms with E-state index in [1.807, 2.05) is 49.4 Å². The average molecular weight is 686 g/mol. The molecule has 49 heavy (non-hydrogen) atoms. The van der Waals surface area contributed by atoms with Gasteiger partial charge in [-0.25, -0.2) is 0 Å². The molecule has 256 valence electrons. The number of hydrogen-bond donors (Lipinski definition) is 1. The molecule has 4 aliphatic heterocycles. The molecule has 3 amide bonds. The Morgan fingerprint density at radius 1 is 1.00 bits per heavy atom. The van der Waals surface area contributed by atoms with Crippen molar-refractivity contribution in [3.8, 4) is 0 Å². The number of carbonyl (C=O) groups excluding carboxylic acids is 4. The highest BCUT2D eigenvalue weighted by Gasteiger charge is 2.67. The molecule has 3 aromatic rings. The molecule has 2 fully saturated rings. The molecular weight excluding hydrogens is 646 g/mol. The third-order valence-corrected chi connectivity index (χ3v) is 13.1. The third kappa shape index (κ3) is 5.37. The lowest BCUT2D eigenvalue weighted by atomic mass is 9.82. The van der Waals surface area contributed by atoms with E-state index in [1.54, 1.807) is 53.2 Å². The van der Waals surface area contributed by atoms with Gasteiger partial charge in [0.1, 0.15) is 0 Å². The van der Waals surface area contributed by atoms with Gasteiger partial charge in [-0.2, -0.15) is 0 Å². The molecule has 3 aromatic carbocycles. The zero-order valence-corrected chi connectivity index (χ0v) is 29.0. The molecule has 10 nitrogen and oxygen atoms in total. The van der Waals surface area contributed by atoms with Crippen molar-refractivity contribution < 1.29 is 37.9 Å². The standard InChI is InChI=1S/C37H40FN3O7Si/c1-22-35(49(3,4)38)31(18-32(44)39-20-25-11-9-8-10-24(25)16-28(39)21-42)48-37(22)29-17-27(41-33(45)19-34(41)47-23(2)43)14-15-30(29)40(36(37)46)26-12-6-5-7-13-26/h5-15,17,22,28,31,34-35,42H,16,18-21H2,1-4H3/t22-,28-,31+,34?,35-,37+/m0/s1. The minimum Gasteiger partial charge on any atom is -0.441 e. The Morgan fingerprint density at radius 2 is 1.69 bits per heavy atom. The quantitative estimate of drug-likeness (QED) is 0.159. The number of anilines is 3. The Morgan fingerprint density at radius 3 is 2.35 bits per heavy atom. The van der Waals surface area contributed by atoms with Crippen LogP contribution in [0.1, 0.15) is 43.4 Å². The molecular formula is C37H40FN3O7Si. The normalized spacial score (nSPS) is 27.6. The van der Waals surface area contributed by atoms with Crippen LogP contribution in [0.5, 0.6) is 0 Å². The van der Waals surface area contributed by atoms with Crippen molar-refractivity contribution in [2.45, 2.75) is 82.3 Å². The van der Waals surface area contributed by atoms with E-state index in [2.05, 4.69) is 0 Å². The number of β-lactam (4-membered cyclic amide) rings is 1. The fraction of sp³-hybridized carbons (Fsp3) is 0.405. The SMILES string of the molecule is CC(=O)OC1CC(=O)N1c1ccc2c(c1)[C@@]1(O[C@H](CC(=O)N3Cc4ccccc4C[C@H]3CO)[C@@H]([Si](C)(C)F)[C@@H]1C)C(=O)N2c1ccccc1. The molecule has 0 radical (unpaired) electrons. The van der Waals surface area contributed by atoms with Crippen molar-refractivity contribution in [2.75, 3.05) is 16.4 Å². The number of amides is 3. The van der Waals surface area contributed by atoms with Crippen molar-refractivity contribution in [1.82, 2.24) is 4.90 Å². The molecule has 1 unspecified atom stereocenters. The monoisotopic (exact) mass is 685 g/mol. The predicted octanol–water partition coefficient (Wildman–Crippen LogP) is 5.10. The maximum absolute atomic E-state index is 16.5. The highest BCUT2D eigenvalue weighted by Crippen LogP contribution is 2.61. The molecule has 6 atom stereocenters. The summed E-state index contributed by atoms with van der Waals surface area (Å²) in [6.45, 7) is 6.35. The lowest BCUT2D eigenvalue weighted by Gasteiger charge is -2.39. The maximum Gasteiger partial charge on any atom is 0.304 e. The van der Waals surface area contributed by atoms with E-state index < -0.39 is 55.7 Å². The van der Waals surface area contributed by atoms with E-state index in [-0.39, 0.29) is 31.3 Å². The molecule has 1 spiro atoms. The van der Waals surface area contributed by atoms with E-state index in [0.29, 0.717) is 35.6 Å². The van der Waals surface area contributed by atoms with Crippen LogP contribution in [0.15, 0.2) is 72.8 Å². The first kappa shape index (κ1) is 33.1. The zero-order valence-electron chi connectivity index (χ0n) is 28.0. The number of esters is 1. The summed E-state index contributed by atoms with van der Waals surface area (Å²) < 4.78 is 28.8. The maximum atomic E-state index is 16.5. The average Bonchev–Trinajstić information content (AvgIpc) is 3.49. The van der Waals surface area contributed by atoms with Crippen molar-refractivity contribution >= 4 is 49.2 Å². The number of carbonyl (C=O) groups is 4. The Kier molecular flexibility index (Phi) is 8.24. The molecule has 4 heterocycles. The highest BCUT2D eigenvalue weighted by molar-refractivity contribution is 6.72. The van der Waals surface area contributed by atoms with Gasteiger partial charge in [0.2, 0.25) is 20.2 Å². The molecule has 1 N–H and O–H groups in total. The zero-order chi connectivity index (χ0) is 34.8.